The van der Waals surface area contributed by atoms with E-state index in [4.69, 9.17) is 16.3 Å². The van der Waals surface area contributed by atoms with Gasteiger partial charge in [-0.15, -0.1) is 0 Å². The monoisotopic (exact) mass is 315 g/mol. The molecule has 0 bridgehead atoms. The van der Waals surface area contributed by atoms with Crippen molar-refractivity contribution >= 4 is 23.2 Å². The van der Waals surface area contributed by atoms with Crippen LogP contribution in [0.3, 0.4) is 0 Å². The molecule has 2 unspecified atom stereocenters. The molecule has 0 heterocycles. The van der Waals surface area contributed by atoms with Gasteiger partial charge >= 0.3 is 0 Å². The summed E-state index contributed by atoms with van der Waals surface area (Å²) in [5.41, 5.74) is 2.99. The van der Waals surface area contributed by atoms with Crippen LogP contribution in [0.2, 0.25) is 5.02 Å². The van der Waals surface area contributed by atoms with E-state index in [2.05, 4.69) is 5.32 Å². The van der Waals surface area contributed by atoms with Gasteiger partial charge in [0.05, 0.1) is 7.11 Å². The summed E-state index contributed by atoms with van der Waals surface area (Å²) in [4.78, 5) is 12.4. The van der Waals surface area contributed by atoms with Crippen LogP contribution in [0.4, 0.5) is 5.69 Å². The van der Waals surface area contributed by atoms with Crippen LogP contribution >= 0.6 is 11.6 Å². The Hall–Kier alpha value is -2.00. The highest BCUT2D eigenvalue weighted by molar-refractivity contribution is 6.31. The average Bonchev–Trinajstić information content (AvgIpc) is 3.32. The van der Waals surface area contributed by atoms with E-state index in [1.807, 2.05) is 43.3 Å². The number of amides is 1. The summed E-state index contributed by atoms with van der Waals surface area (Å²) < 4.78 is 5.16. The molecule has 1 amide bonds. The van der Waals surface area contributed by atoms with E-state index in [9.17, 15) is 4.79 Å². The molecule has 3 rings (SSSR count). The van der Waals surface area contributed by atoms with E-state index in [-0.39, 0.29) is 11.8 Å². The maximum Gasteiger partial charge on any atom is 0.228 e. The predicted octanol–water partition coefficient (Wildman–Crippen LogP) is 4.40. The molecule has 0 radical (unpaired) electrons. The van der Waals surface area contributed by atoms with Crippen molar-refractivity contribution in [3.05, 3.63) is 58.6 Å². The van der Waals surface area contributed by atoms with Gasteiger partial charge in [-0.3, -0.25) is 4.79 Å². The van der Waals surface area contributed by atoms with Crippen LogP contribution in [0.1, 0.15) is 23.5 Å². The van der Waals surface area contributed by atoms with Crippen molar-refractivity contribution in [2.45, 2.75) is 19.3 Å². The summed E-state index contributed by atoms with van der Waals surface area (Å²) in [6, 6.07) is 13.4. The van der Waals surface area contributed by atoms with Crippen molar-refractivity contribution in [1.82, 2.24) is 0 Å². The lowest BCUT2D eigenvalue weighted by molar-refractivity contribution is -0.117. The number of rotatable bonds is 4. The van der Waals surface area contributed by atoms with Gasteiger partial charge in [-0.2, -0.15) is 0 Å². The largest absolute Gasteiger partial charge is 0.497 e. The van der Waals surface area contributed by atoms with Gasteiger partial charge in [0.1, 0.15) is 5.75 Å². The Morgan fingerprint density at radius 2 is 1.95 bits per heavy atom. The number of carbonyl (C=O) groups is 1. The molecule has 2 aromatic rings. The van der Waals surface area contributed by atoms with Gasteiger partial charge in [-0.05, 0) is 54.7 Å². The van der Waals surface area contributed by atoms with E-state index in [1.54, 1.807) is 13.2 Å². The van der Waals surface area contributed by atoms with Crippen LogP contribution in [0.25, 0.3) is 0 Å². The molecule has 0 spiro atoms. The molecule has 0 saturated heterocycles. The van der Waals surface area contributed by atoms with Gasteiger partial charge in [0, 0.05) is 16.6 Å². The van der Waals surface area contributed by atoms with Crippen molar-refractivity contribution in [3.8, 4) is 5.75 Å². The lowest BCUT2D eigenvalue weighted by atomic mass is 10.1. The van der Waals surface area contributed by atoms with Gasteiger partial charge in [-0.25, -0.2) is 0 Å². The first kappa shape index (κ1) is 14.9. The smallest absolute Gasteiger partial charge is 0.228 e. The Morgan fingerprint density at radius 1 is 1.23 bits per heavy atom. The second-order valence-electron chi connectivity index (χ2n) is 5.67. The summed E-state index contributed by atoms with van der Waals surface area (Å²) >= 11 is 5.99. The topological polar surface area (TPSA) is 38.3 Å². The molecular weight excluding hydrogens is 298 g/mol. The van der Waals surface area contributed by atoms with E-state index < -0.39 is 0 Å². The quantitative estimate of drug-likeness (QED) is 0.908. The van der Waals surface area contributed by atoms with Gasteiger partial charge < -0.3 is 10.1 Å². The maximum atomic E-state index is 12.4. The number of anilines is 1. The molecule has 1 N–H and O–H groups in total. The van der Waals surface area contributed by atoms with Gasteiger partial charge in [0.25, 0.3) is 0 Å². The third kappa shape index (κ3) is 3.09. The molecule has 1 aliphatic carbocycles. The van der Waals surface area contributed by atoms with Crippen molar-refractivity contribution in [1.29, 1.82) is 0 Å². The second kappa shape index (κ2) is 6.01. The first-order valence-corrected chi connectivity index (χ1v) is 7.67. The highest BCUT2D eigenvalue weighted by Crippen LogP contribution is 2.48. The number of hydrogen-bond donors (Lipinski definition) is 1. The van der Waals surface area contributed by atoms with Crippen LogP contribution in [-0.2, 0) is 4.79 Å². The first-order chi connectivity index (χ1) is 10.6. The summed E-state index contributed by atoms with van der Waals surface area (Å²) in [5.74, 6) is 1.23. The first-order valence-electron chi connectivity index (χ1n) is 7.29. The van der Waals surface area contributed by atoms with Crippen LogP contribution in [0.5, 0.6) is 5.75 Å². The molecule has 22 heavy (non-hydrogen) atoms. The van der Waals surface area contributed by atoms with Gasteiger partial charge in [0.2, 0.25) is 5.91 Å². The Labute approximate surface area is 135 Å². The molecule has 0 aliphatic heterocycles. The van der Waals surface area contributed by atoms with Crippen molar-refractivity contribution in [3.63, 3.8) is 0 Å². The number of hydrogen-bond acceptors (Lipinski definition) is 2. The van der Waals surface area contributed by atoms with E-state index in [1.165, 1.54) is 5.56 Å². The molecule has 4 heteroatoms. The molecule has 0 aromatic heterocycles. The van der Waals surface area contributed by atoms with Crippen LogP contribution in [-0.4, -0.2) is 13.0 Å². The zero-order valence-corrected chi connectivity index (χ0v) is 13.4. The zero-order valence-electron chi connectivity index (χ0n) is 12.6. The SMILES string of the molecule is COc1ccc(C2CC2C(=O)Nc2cc(Cl)ccc2C)cc1. The second-order valence-corrected chi connectivity index (χ2v) is 6.11. The number of halogens is 1. The molecule has 1 aliphatic rings. The molecule has 1 fully saturated rings. The number of methoxy groups -OCH3 is 1. The summed E-state index contributed by atoms with van der Waals surface area (Å²) in [7, 11) is 1.65. The van der Waals surface area contributed by atoms with Crippen LogP contribution in [0, 0.1) is 12.8 Å². The molecule has 2 atom stereocenters. The van der Waals surface area contributed by atoms with Crippen molar-refractivity contribution in [2.24, 2.45) is 5.92 Å². The van der Waals surface area contributed by atoms with Crippen LogP contribution < -0.4 is 10.1 Å². The third-order valence-corrected chi connectivity index (χ3v) is 4.36. The van der Waals surface area contributed by atoms with Crippen molar-refractivity contribution < 1.29 is 9.53 Å². The summed E-state index contributed by atoms with van der Waals surface area (Å²) in [5, 5.41) is 3.62. The van der Waals surface area contributed by atoms with E-state index >= 15 is 0 Å². The summed E-state index contributed by atoms with van der Waals surface area (Å²) in [6.07, 6.45) is 0.887. The number of nitrogens with one attached hydrogen (secondary N) is 1. The predicted molar refractivity (Wildman–Crippen MR) is 88.7 cm³/mol. The molecule has 3 nitrogen and oxygen atoms in total. The molecule has 1 saturated carbocycles. The number of aryl methyl sites for hydroxylation is 1. The number of benzene rings is 2. The molecule has 114 valence electrons. The van der Waals surface area contributed by atoms with Gasteiger partial charge in [0.15, 0.2) is 0 Å². The number of carbonyl (C=O) groups excluding carboxylic acids is 1. The fourth-order valence-corrected chi connectivity index (χ4v) is 2.83. The minimum Gasteiger partial charge on any atom is -0.497 e. The van der Waals surface area contributed by atoms with Crippen molar-refractivity contribution in [2.75, 3.05) is 12.4 Å². The standard InChI is InChI=1S/C18H18ClNO2/c1-11-3-6-13(19)9-17(11)20-18(21)16-10-15(16)12-4-7-14(22-2)8-5-12/h3-9,15-16H,10H2,1-2H3,(H,20,21). The minimum absolute atomic E-state index is 0.0341. The Balaban J connectivity index is 1.66. The maximum absolute atomic E-state index is 12.4. The zero-order chi connectivity index (χ0) is 15.7. The fraction of sp³-hybridized carbons (Fsp3) is 0.278. The van der Waals surface area contributed by atoms with Gasteiger partial charge in [-0.1, -0.05) is 29.8 Å². The van der Waals surface area contributed by atoms with E-state index in [0.29, 0.717) is 10.9 Å². The molecular formula is C18H18ClNO2. The van der Waals surface area contributed by atoms with E-state index in [0.717, 1.165) is 23.4 Å². The molecule has 2 aromatic carbocycles. The third-order valence-electron chi connectivity index (χ3n) is 4.13. The highest BCUT2D eigenvalue weighted by Gasteiger charge is 2.43. The number of ether oxygens (including phenoxy) is 1. The Kier molecular flexibility index (Phi) is 4.08. The minimum atomic E-state index is 0.0341. The highest BCUT2D eigenvalue weighted by atomic mass is 35.5. The summed E-state index contributed by atoms with van der Waals surface area (Å²) in [6.45, 7) is 1.96. The average molecular weight is 316 g/mol. The fourth-order valence-electron chi connectivity index (χ4n) is 2.66. The lowest BCUT2D eigenvalue weighted by Gasteiger charge is -2.09. The Bertz CT molecular complexity index is 697. The van der Waals surface area contributed by atoms with Crippen LogP contribution in [0.15, 0.2) is 42.5 Å². The Morgan fingerprint density at radius 3 is 2.64 bits per heavy atom. The lowest BCUT2D eigenvalue weighted by Crippen LogP contribution is -2.15. The normalized spacial score (nSPS) is 19.6.